The molecule has 0 spiro atoms. The number of halogens is 3. The van der Waals surface area contributed by atoms with Gasteiger partial charge in [-0.05, 0) is 24.3 Å². The number of hydrogen-bond acceptors (Lipinski definition) is 1. The molecule has 0 aliphatic carbocycles. The zero-order valence-corrected chi connectivity index (χ0v) is 8.08. The number of hydrogen-bond donors (Lipinski definition) is 0. The summed E-state index contributed by atoms with van der Waals surface area (Å²) >= 11 is 0. The molecule has 0 saturated carbocycles. The van der Waals surface area contributed by atoms with Crippen LogP contribution < -0.4 is 4.74 Å². The third-order valence-corrected chi connectivity index (χ3v) is 1.97. The zero-order valence-electron chi connectivity index (χ0n) is 8.08. The van der Waals surface area contributed by atoms with Crippen molar-refractivity contribution >= 4 is 0 Å². The van der Waals surface area contributed by atoms with Gasteiger partial charge in [-0.2, -0.15) is 4.39 Å². The Hall–Kier alpha value is -1.97. The molecule has 4 heteroatoms. The van der Waals surface area contributed by atoms with E-state index in [1.807, 2.05) is 0 Å². The molecule has 0 N–H and O–H groups in total. The maximum absolute atomic E-state index is 13.2. The Morgan fingerprint density at radius 2 is 1.38 bits per heavy atom. The quantitative estimate of drug-likeness (QED) is 0.703. The Labute approximate surface area is 90.1 Å². The van der Waals surface area contributed by atoms with Gasteiger partial charge in [0.2, 0.25) is 11.6 Å². The van der Waals surface area contributed by atoms with Crippen molar-refractivity contribution in [2.24, 2.45) is 0 Å². The molecule has 0 heterocycles. The predicted octanol–water partition coefficient (Wildman–Crippen LogP) is 3.90. The van der Waals surface area contributed by atoms with Crippen molar-refractivity contribution in [1.29, 1.82) is 0 Å². The molecule has 0 saturated heterocycles. The molecule has 0 aliphatic heterocycles. The fourth-order valence-electron chi connectivity index (χ4n) is 1.21. The molecule has 1 nitrogen and oxygen atoms in total. The van der Waals surface area contributed by atoms with Crippen LogP contribution in [0.1, 0.15) is 0 Å². The van der Waals surface area contributed by atoms with Gasteiger partial charge in [0.05, 0.1) is 0 Å². The molecule has 0 amide bonds. The van der Waals surface area contributed by atoms with Crippen molar-refractivity contribution in [2.75, 3.05) is 0 Å². The topological polar surface area (TPSA) is 9.23 Å². The summed E-state index contributed by atoms with van der Waals surface area (Å²) in [5.41, 5.74) is 0. The first-order valence-corrected chi connectivity index (χ1v) is 4.55. The van der Waals surface area contributed by atoms with Gasteiger partial charge in [-0.15, -0.1) is 0 Å². The van der Waals surface area contributed by atoms with E-state index in [4.69, 9.17) is 4.74 Å². The van der Waals surface area contributed by atoms with Crippen molar-refractivity contribution in [3.05, 3.63) is 59.9 Å². The van der Waals surface area contributed by atoms with Crippen molar-refractivity contribution in [2.45, 2.75) is 0 Å². The Kier molecular flexibility index (Phi) is 2.81. The van der Waals surface area contributed by atoms with Gasteiger partial charge in [0, 0.05) is 0 Å². The van der Waals surface area contributed by atoms with Gasteiger partial charge in [-0.3, -0.25) is 0 Å². The Morgan fingerprint density at radius 3 is 2.06 bits per heavy atom. The molecule has 0 radical (unpaired) electrons. The van der Waals surface area contributed by atoms with Gasteiger partial charge in [0.1, 0.15) is 5.75 Å². The van der Waals surface area contributed by atoms with E-state index in [0.717, 1.165) is 6.07 Å². The minimum atomic E-state index is -1.33. The summed E-state index contributed by atoms with van der Waals surface area (Å²) in [7, 11) is 0. The summed E-state index contributed by atoms with van der Waals surface area (Å²) in [5.74, 6) is -3.91. The van der Waals surface area contributed by atoms with Crippen LogP contribution in [0.25, 0.3) is 0 Å². The predicted molar refractivity (Wildman–Crippen MR) is 52.8 cm³/mol. The van der Waals surface area contributed by atoms with E-state index in [0.29, 0.717) is 6.07 Å². The molecule has 0 aromatic heterocycles. The highest BCUT2D eigenvalue weighted by atomic mass is 19.2. The molecule has 0 unspecified atom stereocenters. The van der Waals surface area contributed by atoms with E-state index in [1.54, 1.807) is 18.2 Å². The van der Waals surface area contributed by atoms with Gasteiger partial charge in [0.15, 0.2) is 11.6 Å². The van der Waals surface area contributed by atoms with E-state index in [2.05, 4.69) is 0 Å². The molecule has 0 atom stereocenters. The normalized spacial score (nSPS) is 10.2. The lowest BCUT2D eigenvalue weighted by Gasteiger charge is -2.07. The standard InChI is InChI=1S/C12H7F3O/c13-9-6-7-10(14)12(11(9)15)16-8-4-2-1-3-5-8/h1-7H. The monoisotopic (exact) mass is 224 g/mol. The molecule has 2 rings (SSSR count). The van der Waals surface area contributed by atoms with Crippen LogP contribution in [0.2, 0.25) is 0 Å². The van der Waals surface area contributed by atoms with E-state index in [9.17, 15) is 13.2 Å². The molecule has 0 aliphatic rings. The lowest BCUT2D eigenvalue weighted by molar-refractivity contribution is 0.387. The highest BCUT2D eigenvalue weighted by Gasteiger charge is 2.15. The minimum Gasteiger partial charge on any atom is -0.451 e. The van der Waals surface area contributed by atoms with Gasteiger partial charge in [0.25, 0.3) is 0 Å². The third-order valence-electron chi connectivity index (χ3n) is 1.97. The summed E-state index contributed by atoms with van der Waals surface area (Å²) in [4.78, 5) is 0. The van der Waals surface area contributed by atoms with Crippen LogP contribution in [0, 0.1) is 17.5 Å². The van der Waals surface area contributed by atoms with Crippen molar-refractivity contribution < 1.29 is 17.9 Å². The Bertz CT molecular complexity index is 497. The number of para-hydroxylation sites is 1. The Morgan fingerprint density at radius 1 is 0.750 bits per heavy atom. The van der Waals surface area contributed by atoms with Gasteiger partial charge in [-0.1, -0.05) is 18.2 Å². The van der Waals surface area contributed by atoms with E-state index < -0.39 is 23.2 Å². The fraction of sp³-hybridized carbons (Fsp3) is 0. The van der Waals surface area contributed by atoms with E-state index >= 15 is 0 Å². The van der Waals surface area contributed by atoms with Crippen molar-refractivity contribution in [3.63, 3.8) is 0 Å². The fourth-order valence-corrected chi connectivity index (χ4v) is 1.21. The zero-order chi connectivity index (χ0) is 11.5. The van der Waals surface area contributed by atoms with Crippen LogP contribution >= 0.6 is 0 Å². The first-order chi connectivity index (χ1) is 7.68. The average molecular weight is 224 g/mol. The Balaban J connectivity index is 2.38. The van der Waals surface area contributed by atoms with E-state index in [1.165, 1.54) is 12.1 Å². The minimum absolute atomic E-state index is 0.242. The number of rotatable bonds is 2. The second-order valence-corrected chi connectivity index (χ2v) is 3.09. The molecule has 16 heavy (non-hydrogen) atoms. The van der Waals surface area contributed by atoms with Gasteiger partial charge in [-0.25, -0.2) is 8.78 Å². The first-order valence-electron chi connectivity index (χ1n) is 4.55. The lowest BCUT2D eigenvalue weighted by Crippen LogP contribution is -1.95. The lowest BCUT2D eigenvalue weighted by atomic mass is 10.3. The summed E-state index contributed by atoms with van der Waals surface area (Å²) in [6, 6.07) is 9.58. The summed E-state index contributed by atoms with van der Waals surface area (Å²) in [6.07, 6.45) is 0. The molecule has 0 bridgehead atoms. The highest BCUT2D eigenvalue weighted by Crippen LogP contribution is 2.28. The maximum Gasteiger partial charge on any atom is 0.204 e. The smallest absolute Gasteiger partial charge is 0.204 e. The molecule has 82 valence electrons. The van der Waals surface area contributed by atoms with Crippen molar-refractivity contribution in [1.82, 2.24) is 0 Å². The maximum atomic E-state index is 13.2. The van der Waals surface area contributed by atoms with E-state index in [-0.39, 0.29) is 5.75 Å². The van der Waals surface area contributed by atoms with Gasteiger partial charge < -0.3 is 4.74 Å². The van der Waals surface area contributed by atoms with Crippen molar-refractivity contribution in [3.8, 4) is 11.5 Å². The first kappa shape index (κ1) is 10.5. The number of benzene rings is 2. The summed E-state index contributed by atoms with van der Waals surface area (Å²) < 4.78 is 44.2. The third kappa shape index (κ3) is 2.00. The second kappa shape index (κ2) is 4.26. The highest BCUT2D eigenvalue weighted by molar-refractivity contribution is 5.33. The van der Waals surface area contributed by atoms with Gasteiger partial charge >= 0.3 is 0 Å². The SMILES string of the molecule is Fc1ccc(F)c(Oc2ccccc2)c1F. The van der Waals surface area contributed by atoms with Crippen LogP contribution in [0.15, 0.2) is 42.5 Å². The van der Waals surface area contributed by atoms with Crippen LogP contribution in [-0.4, -0.2) is 0 Å². The molecule has 2 aromatic rings. The summed E-state index contributed by atoms with van der Waals surface area (Å²) in [6.45, 7) is 0. The number of ether oxygens (including phenoxy) is 1. The molecule has 0 fully saturated rings. The van der Waals surface area contributed by atoms with Crippen LogP contribution in [-0.2, 0) is 0 Å². The van der Waals surface area contributed by atoms with Crippen LogP contribution in [0.5, 0.6) is 11.5 Å². The van der Waals surface area contributed by atoms with Crippen LogP contribution in [0.4, 0.5) is 13.2 Å². The molecular formula is C12H7F3O. The summed E-state index contributed by atoms with van der Waals surface area (Å²) in [5, 5.41) is 0. The second-order valence-electron chi connectivity index (χ2n) is 3.09. The molecule has 2 aromatic carbocycles. The van der Waals surface area contributed by atoms with Crippen LogP contribution in [0.3, 0.4) is 0 Å². The largest absolute Gasteiger partial charge is 0.451 e. The molecular weight excluding hydrogens is 217 g/mol. The average Bonchev–Trinajstić information content (AvgIpc) is 2.31.